The molecule has 2 N–H and O–H groups in total. The predicted molar refractivity (Wildman–Crippen MR) is 97.8 cm³/mol. The van der Waals surface area contributed by atoms with Crippen LogP contribution in [0.25, 0.3) is 0 Å². The van der Waals surface area contributed by atoms with E-state index in [1.165, 1.54) is 0 Å². The van der Waals surface area contributed by atoms with E-state index < -0.39 is 26.6 Å². The number of hydrogen-bond acceptors (Lipinski definition) is 5. The van der Waals surface area contributed by atoms with Crippen molar-refractivity contribution in [2.45, 2.75) is 24.8 Å². The molecule has 0 atom stereocenters. The van der Waals surface area contributed by atoms with Crippen molar-refractivity contribution < 1.29 is 26.8 Å². The molecule has 1 aromatic carbocycles. The lowest BCUT2D eigenvalue weighted by Crippen LogP contribution is -2.51. The summed E-state index contributed by atoms with van der Waals surface area (Å²) in [6, 6.07) is 2.86. The predicted octanol–water partition coefficient (Wildman–Crippen LogP) is -0.0881. The van der Waals surface area contributed by atoms with Crippen LogP contribution in [0.1, 0.15) is 13.8 Å². The Morgan fingerprint density at radius 3 is 2.18 bits per heavy atom. The van der Waals surface area contributed by atoms with Gasteiger partial charge in [-0.25, -0.2) is 17.2 Å². The van der Waals surface area contributed by atoms with E-state index in [9.17, 15) is 26.8 Å². The van der Waals surface area contributed by atoms with Crippen molar-refractivity contribution in [3.05, 3.63) is 29.8 Å². The number of carbonyl (C=O) groups excluding carboxylic acids is 2. The minimum atomic E-state index is -4.31. The van der Waals surface area contributed by atoms with E-state index in [-0.39, 0.29) is 57.1 Å². The van der Waals surface area contributed by atoms with Crippen LogP contribution in [-0.4, -0.2) is 74.7 Å². The van der Waals surface area contributed by atoms with Crippen LogP contribution >= 0.6 is 0 Å². The second-order valence-corrected chi connectivity index (χ2v) is 8.60. The van der Waals surface area contributed by atoms with E-state index in [0.29, 0.717) is 0 Å². The highest BCUT2D eigenvalue weighted by Crippen LogP contribution is 2.23. The Bertz CT molecular complexity index is 804. The summed E-state index contributed by atoms with van der Waals surface area (Å²) in [6.45, 7) is 3.91. The second-order valence-electron chi connectivity index (χ2n) is 6.73. The summed E-state index contributed by atoms with van der Waals surface area (Å²) < 4.78 is 53.7. The van der Waals surface area contributed by atoms with E-state index in [4.69, 9.17) is 0 Å². The number of benzene rings is 1. The van der Waals surface area contributed by atoms with Crippen LogP contribution in [0, 0.1) is 11.6 Å². The van der Waals surface area contributed by atoms with Gasteiger partial charge in [-0.15, -0.1) is 0 Å². The molecule has 1 aromatic rings. The first-order valence-corrected chi connectivity index (χ1v) is 10.3. The largest absolute Gasteiger partial charge is 0.352 e. The molecule has 2 rings (SSSR count). The summed E-state index contributed by atoms with van der Waals surface area (Å²) in [5, 5.41) is 5.14. The third kappa shape index (κ3) is 5.69. The van der Waals surface area contributed by atoms with Crippen LogP contribution in [0.15, 0.2) is 23.1 Å². The Morgan fingerprint density at radius 1 is 1.07 bits per heavy atom. The minimum Gasteiger partial charge on any atom is -0.352 e. The maximum atomic E-state index is 13.8. The fraction of sp³-hybridized carbons (Fsp3) is 0.529. The Labute approximate surface area is 162 Å². The molecule has 11 heteroatoms. The molecule has 0 aromatic heterocycles. The SMILES string of the molecule is CC(C)NC(=O)CNC(=O)CN1CCN(S(=O)(=O)c2c(F)cccc2F)CC1. The molecule has 1 saturated heterocycles. The van der Waals surface area contributed by atoms with Crippen molar-refractivity contribution in [3.8, 4) is 0 Å². The van der Waals surface area contributed by atoms with E-state index in [1.807, 2.05) is 0 Å². The first-order chi connectivity index (χ1) is 13.1. The average molecular weight is 418 g/mol. The van der Waals surface area contributed by atoms with Crippen LogP contribution in [0.5, 0.6) is 0 Å². The summed E-state index contributed by atoms with van der Waals surface area (Å²) in [5.41, 5.74) is 0. The van der Waals surface area contributed by atoms with E-state index in [2.05, 4.69) is 10.6 Å². The summed E-state index contributed by atoms with van der Waals surface area (Å²) in [4.78, 5) is 24.2. The topological polar surface area (TPSA) is 98.8 Å². The highest BCUT2D eigenvalue weighted by molar-refractivity contribution is 7.89. The highest BCUT2D eigenvalue weighted by atomic mass is 32.2. The molecule has 0 spiro atoms. The highest BCUT2D eigenvalue weighted by Gasteiger charge is 2.33. The number of piperazine rings is 1. The number of hydrogen-bond donors (Lipinski definition) is 2. The van der Waals surface area contributed by atoms with Gasteiger partial charge in [0.1, 0.15) is 11.6 Å². The van der Waals surface area contributed by atoms with Gasteiger partial charge in [0.15, 0.2) is 4.90 Å². The molecule has 0 bridgehead atoms. The molecule has 0 saturated carbocycles. The van der Waals surface area contributed by atoms with Crippen LogP contribution in [0.3, 0.4) is 0 Å². The minimum absolute atomic E-state index is 0.00275. The van der Waals surface area contributed by atoms with Gasteiger partial charge < -0.3 is 10.6 Å². The van der Waals surface area contributed by atoms with Crippen LogP contribution < -0.4 is 10.6 Å². The fourth-order valence-corrected chi connectivity index (χ4v) is 4.33. The molecule has 28 heavy (non-hydrogen) atoms. The van der Waals surface area contributed by atoms with E-state index >= 15 is 0 Å². The molecule has 0 radical (unpaired) electrons. The third-order valence-corrected chi connectivity index (χ3v) is 6.06. The molecule has 1 fully saturated rings. The van der Waals surface area contributed by atoms with E-state index in [0.717, 1.165) is 22.5 Å². The number of carbonyl (C=O) groups is 2. The maximum Gasteiger partial charge on any atom is 0.249 e. The smallest absolute Gasteiger partial charge is 0.249 e. The second kappa shape index (κ2) is 9.39. The zero-order valence-electron chi connectivity index (χ0n) is 15.7. The molecule has 2 amide bonds. The van der Waals surface area contributed by atoms with Gasteiger partial charge in [-0.05, 0) is 26.0 Å². The zero-order chi connectivity index (χ0) is 20.9. The lowest BCUT2D eigenvalue weighted by Gasteiger charge is -2.33. The normalized spacial score (nSPS) is 16.2. The lowest BCUT2D eigenvalue weighted by molar-refractivity contribution is -0.127. The number of sulfonamides is 1. The van der Waals surface area contributed by atoms with E-state index in [1.54, 1.807) is 18.7 Å². The van der Waals surface area contributed by atoms with Crippen molar-refractivity contribution in [1.29, 1.82) is 0 Å². The number of amides is 2. The molecular weight excluding hydrogens is 394 g/mol. The average Bonchev–Trinajstić information content (AvgIpc) is 2.59. The number of nitrogens with one attached hydrogen (secondary N) is 2. The van der Waals surface area contributed by atoms with Crippen molar-refractivity contribution in [2.75, 3.05) is 39.3 Å². The molecule has 0 aliphatic carbocycles. The summed E-state index contributed by atoms with van der Waals surface area (Å²) in [5.74, 6) is -2.94. The number of halogens is 2. The van der Waals surface area contributed by atoms with Crippen molar-refractivity contribution in [2.24, 2.45) is 0 Å². The summed E-state index contributed by atoms with van der Waals surface area (Å²) in [7, 11) is -4.31. The Morgan fingerprint density at radius 2 is 1.64 bits per heavy atom. The Kier molecular flexibility index (Phi) is 7.44. The van der Waals surface area contributed by atoms with Gasteiger partial charge >= 0.3 is 0 Å². The molecule has 1 heterocycles. The Balaban J connectivity index is 1.87. The number of nitrogens with zero attached hydrogens (tertiary/aromatic N) is 2. The molecule has 0 unspecified atom stereocenters. The molecule has 1 aliphatic rings. The van der Waals surface area contributed by atoms with Crippen LogP contribution in [0.4, 0.5) is 8.78 Å². The lowest BCUT2D eigenvalue weighted by atomic mass is 10.3. The maximum absolute atomic E-state index is 13.8. The van der Waals surface area contributed by atoms with Crippen molar-refractivity contribution in [3.63, 3.8) is 0 Å². The first-order valence-electron chi connectivity index (χ1n) is 8.84. The standard InChI is InChI=1S/C17H24F2N4O4S/c1-12(2)21-15(24)10-20-16(25)11-22-6-8-23(9-7-22)28(26,27)17-13(18)4-3-5-14(17)19/h3-5,12H,6-11H2,1-2H3,(H,20,25)(H,21,24). The van der Waals surface area contributed by atoms with Gasteiger partial charge in [0.25, 0.3) is 0 Å². The van der Waals surface area contributed by atoms with Gasteiger partial charge in [-0.2, -0.15) is 4.31 Å². The van der Waals surface area contributed by atoms with Crippen molar-refractivity contribution >= 4 is 21.8 Å². The van der Waals surface area contributed by atoms with Gasteiger partial charge in [0, 0.05) is 32.2 Å². The fourth-order valence-electron chi connectivity index (χ4n) is 2.80. The van der Waals surface area contributed by atoms with Crippen LogP contribution in [-0.2, 0) is 19.6 Å². The number of rotatable bonds is 7. The van der Waals surface area contributed by atoms with Gasteiger partial charge in [-0.1, -0.05) is 6.07 Å². The summed E-state index contributed by atoms with van der Waals surface area (Å²) >= 11 is 0. The van der Waals surface area contributed by atoms with Gasteiger partial charge in [-0.3, -0.25) is 14.5 Å². The van der Waals surface area contributed by atoms with Crippen LogP contribution in [0.2, 0.25) is 0 Å². The van der Waals surface area contributed by atoms with Gasteiger partial charge in [0.2, 0.25) is 21.8 Å². The van der Waals surface area contributed by atoms with Gasteiger partial charge in [0.05, 0.1) is 13.1 Å². The quantitative estimate of drug-likeness (QED) is 0.645. The zero-order valence-corrected chi connectivity index (χ0v) is 16.6. The summed E-state index contributed by atoms with van der Waals surface area (Å²) in [6.07, 6.45) is 0. The first kappa shape index (κ1) is 22.2. The molecule has 1 aliphatic heterocycles. The molecule has 8 nitrogen and oxygen atoms in total. The van der Waals surface area contributed by atoms with Crippen molar-refractivity contribution in [1.82, 2.24) is 19.8 Å². The molecule has 156 valence electrons. The Hall–Kier alpha value is -2.11. The monoisotopic (exact) mass is 418 g/mol. The third-order valence-electron chi connectivity index (χ3n) is 4.11. The molecular formula is C17H24F2N4O4S.